The Hall–Kier alpha value is -1.06. The predicted molar refractivity (Wildman–Crippen MR) is 79.4 cm³/mol. The highest BCUT2D eigenvalue weighted by Crippen LogP contribution is 2.37. The van der Waals surface area contributed by atoms with Gasteiger partial charge in [0.15, 0.2) is 0 Å². The maximum atomic E-state index is 5.99. The van der Waals surface area contributed by atoms with Gasteiger partial charge in [-0.25, -0.2) is 0 Å². The van der Waals surface area contributed by atoms with Crippen molar-refractivity contribution < 1.29 is 4.74 Å². The molecule has 2 unspecified atom stereocenters. The van der Waals surface area contributed by atoms with Crippen LogP contribution in [-0.4, -0.2) is 31.1 Å². The molecule has 0 bridgehead atoms. The number of benzene rings is 1. The third kappa shape index (κ3) is 3.48. The minimum Gasteiger partial charge on any atom is -0.494 e. The standard InChI is InChI=1S/C16H26N2O/c1-4-19-15-9-7-14(8-10-15)16(11-17)18(3)12(2)13-5-6-13/h7-10,12-13,16H,4-6,11,17H2,1-3H3. The van der Waals surface area contributed by atoms with Crippen molar-refractivity contribution in [1.82, 2.24) is 4.90 Å². The van der Waals surface area contributed by atoms with Crippen LogP contribution in [0.15, 0.2) is 24.3 Å². The molecule has 106 valence electrons. The van der Waals surface area contributed by atoms with Crippen molar-refractivity contribution in [3.05, 3.63) is 29.8 Å². The van der Waals surface area contributed by atoms with E-state index in [4.69, 9.17) is 10.5 Å². The second-order valence-corrected chi connectivity index (χ2v) is 5.50. The highest BCUT2D eigenvalue weighted by Gasteiger charge is 2.33. The number of hydrogen-bond acceptors (Lipinski definition) is 3. The average Bonchev–Trinajstić information content (AvgIpc) is 3.25. The lowest BCUT2D eigenvalue weighted by atomic mass is 10.0. The van der Waals surface area contributed by atoms with Crippen LogP contribution in [0, 0.1) is 5.92 Å². The van der Waals surface area contributed by atoms with Crippen LogP contribution in [0.2, 0.25) is 0 Å². The van der Waals surface area contributed by atoms with Crippen molar-refractivity contribution >= 4 is 0 Å². The Labute approximate surface area is 116 Å². The summed E-state index contributed by atoms with van der Waals surface area (Å²) in [5.74, 6) is 1.79. The Morgan fingerprint density at radius 2 is 1.95 bits per heavy atom. The summed E-state index contributed by atoms with van der Waals surface area (Å²) < 4.78 is 5.49. The van der Waals surface area contributed by atoms with Crippen molar-refractivity contribution in [3.63, 3.8) is 0 Å². The van der Waals surface area contributed by atoms with Gasteiger partial charge < -0.3 is 10.5 Å². The molecule has 2 rings (SSSR count). The summed E-state index contributed by atoms with van der Waals surface area (Å²) in [5.41, 5.74) is 7.27. The van der Waals surface area contributed by atoms with E-state index in [0.29, 0.717) is 25.2 Å². The second-order valence-electron chi connectivity index (χ2n) is 5.50. The molecule has 0 aliphatic heterocycles. The fourth-order valence-electron chi connectivity index (χ4n) is 2.69. The molecule has 1 aromatic rings. The Bertz CT molecular complexity index is 386. The first-order valence-corrected chi connectivity index (χ1v) is 7.32. The highest BCUT2D eigenvalue weighted by molar-refractivity contribution is 5.29. The van der Waals surface area contributed by atoms with Crippen LogP contribution < -0.4 is 10.5 Å². The molecule has 1 aliphatic rings. The summed E-state index contributed by atoms with van der Waals surface area (Å²) in [6.45, 7) is 5.68. The van der Waals surface area contributed by atoms with Gasteiger partial charge in [0.25, 0.3) is 0 Å². The molecular weight excluding hydrogens is 236 g/mol. The van der Waals surface area contributed by atoms with Gasteiger partial charge in [-0.15, -0.1) is 0 Å². The van der Waals surface area contributed by atoms with Crippen LogP contribution >= 0.6 is 0 Å². The van der Waals surface area contributed by atoms with E-state index >= 15 is 0 Å². The molecule has 0 heterocycles. The summed E-state index contributed by atoms with van der Waals surface area (Å²) >= 11 is 0. The van der Waals surface area contributed by atoms with Crippen molar-refractivity contribution in [2.45, 2.75) is 38.8 Å². The van der Waals surface area contributed by atoms with Gasteiger partial charge in [0, 0.05) is 18.6 Å². The minimum atomic E-state index is 0.297. The van der Waals surface area contributed by atoms with Gasteiger partial charge in [0.2, 0.25) is 0 Å². The molecule has 0 amide bonds. The molecular formula is C16H26N2O. The van der Waals surface area contributed by atoms with E-state index < -0.39 is 0 Å². The zero-order valence-corrected chi connectivity index (χ0v) is 12.3. The van der Waals surface area contributed by atoms with E-state index in [9.17, 15) is 0 Å². The van der Waals surface area contributed by atoms with Gasteiger partial charge in [-0.3, -0.25) is 4.90 Å². The third-order valence-corrected chi connectivity index (χ3v) is 4.24. The fraction of sp³-hybridized carbons (Fsp3) is 0.625. The van der Waals surface area contributed by atoms with Crippen molar-refractivity contribution in [3.8, 4) is 5.75 Å². The molecule has 0 aromatic heterocycles. The molecule has 0 radical (unpaired) electrons. The van der Waals surface area contributed by atoms with Gasteiger partial charge >= 0.3 is 0 Å². The van der Waals surface area contributed by atoms with Gasteiger partial charge in [-0.05, 0) is 57.4 Å². The topological polar surface area (TPSA) is 38.5 Å². The van der Waals surface area contributed by atoms with Crippen molar-refractivity contribution in [2.75, 3.05) is 20.2 Å². The van der Waals surface area contributed by atoms with Crippen LogP contribution in [-0.2, 0) is 0 Å². The van der Waals surface area contributed by atoms with Crippen LogP contribution in [0.25, 0.3) is 0 Å². The molecule has 0 saturated heterocycles. The molecule has 1 aliphatic carbocycles. The van der Waals surface area contributed by atoms with E-state index in [0.717, 1.165) is 11.7 Å². The number of rotatable bonds is 7. The van der Waals surface area contributed by atoms with Crippen LogP contribution in [0.1, 0.15) is 38.3 Å². The second kappa shape index (κ2) is 6.40. The Morgan fingerprint density at radius 1 is 1.32 bits per heavy atom. The van der Waals surface area contributed by atoms with Gasteiger partial charge in [0.1, 0.15) is 5.75 Å². The lowest BCUT2D eigenvalue weighted by Crippen LogP contribution is -2.38. The first-order chi connectivity index (χ1) is 9.17. The number of ether oxygens (including phenoxy) is 1. The fourth-order valence-corrected chi connectivity index (χ4v) is 2.69. The van der Waals surface area contributed by atoms with Crippen LogP contribution in [0.5, 0.6) is 5.75 Å². The summed E-state index contributed by atoms with van der Waals surface area (Å²) in [7, 11) is 2.19. The zero-order valence-electron chi connectivity index (χ0n) is 12.3. The zero-order chi connectivity index (χ0) is 13.8. The normalized spacial score (nSPS) is 18.4. The number of hydrogen-bond donors (Lipinski definition) is 1. The lowest BCUT2D eigenvalue weighted by molar-refractivity contribution is 0.171. The number of nitrogens with zero attached hydrogens (tertiary/aromatic N) is 1. The third-order valence-electron chi connectivity index (χ3n) is 4.24. The van der Waals surface area contributed by atoms with E-state index in [1.54, 1.807) is 0 Å². The maximum Gasteiger partial charge on any atom is 0.119 e. The van der Waals surface area contributed by atoms with Gasteiger partial charge in [0.05, 0.1) is 6.61 Å². The molecule has 1 fully saturated rings. The largest absolute Gasteiger partial charge is 0.494 e. The molecule has 1 saturated carbocycles. The Kier molecular flexibility index (Phi) is 4.83. The molecule has 3 nitrogen and oxygen atoms in total. The van der Waals surface area contributed by atoms with E-state index in [1.807, 2.05) is 19.1 Å². The summed E-state index contributed by atoms with van der Waals surface area (Å²) in [6, 6.07) is 9.26. The van der Waals surface area contributed by atoms with Crippen LogP contribution in [0.4, 0.5) is 0 Å². The SMILES string of the molecule is CCOc1ccc(C(CN)N(C)C(C)C2CC2)cc1. The molecule has 2 atom stereocenters. The molecule has 3 heteroatoms. The first-order valence-electron chi connectivity index (χ1n) is 7.32. The lowest BCUT2D eigenvalue weighted by Gasteiger charge is -2.33. The number of nitrogens with two attached hydrogens (primary N) is 1. The average molecular weight is 262 g/mol. The van der Waals surface area contributed by atoms with E-state index in [1.165, 1.54) is 18.4 Å². The Balaban J connectivity index is 2.07. The summed E-state index contributed by atoms with van der Waals surface area (Å²) in [6.07, 6.45) is 2.73. The Morgan fingerprint density at radius 3 is 2.42 bits per heavy atom. The highest BCUT2D eigenvalue weighted by atomic mass is 16.5. The van der Waals surface area contributed by atoms with Gasteiger partial charge in [-0.2, -0.15) is 0 Å². The monoisotopic (exact) mass is 262 g/mol. The molecule has 2 N–H and O–H groups in total. The van der Waals surface area contributed by atoms with Crippen molar-refractivity contribution in [1.29, 1.82) is 0 Å². The van der Waals surface area contributed by atoms with Crippen LogP contribution in [0.3, 0.4) is 0 Å². The molecule has 1 aromatic carbocycles. The minimum absolute atomic E-state index is 0.297. The maximum absolute atomic E-state index is 5.99. The first kappa shape index (κ1) is 14.4. The van der Waals surface area contributed by atoms with E-state index in [-0.39, 0.29) is 0 Å². The molecule has 19 heavy (non-hydrogen) atoms. The molecule has 0 spiro atoms. The summed E-state index contributed by atoms with van der Waals surface area (Å²) in [4.78, 5) is 2.42. The smallest absolute Gasteiger partial charge is 0.119 e. The van der Waals surface area contributed by atoms with E-state index in [2.05, 4.69) is 31.0 Å². The number of likely N-dealkylation sites (N-methyl/N-ethyl adjacent to an activating group) is 1. The van der Waals surface area contributed by atoms with Crippen molar-refractivity contribution in [2.24, 2.45) is 11.7 Å². The predicted octanol–water partition coefficient (Wildman–Crippen LogP) is 2.82. The van der Waals surface area contributed by atoms with Gasteiger partial charge in [-0.1, -0.05) is 12.1 Å². The summed E-state index contributed by atoms with van der Waals surface area (Å²) in [5, 5.41) is 0. The quantitative estimate of drug-likeness (QED) is 0.821.